The van der Waals surface area contributed by atoms with Crippen molar-refractivity contribution in [1.82, 2.24) is 25.1 Å². The van der Waals surface area contributed by atoms with E-state index in [-0.39, 0.29) is 0 Å². The first kappa shape index (κ1) is 22.1. The Morgan fingerprint density at radius 3 is 2.66 bits per heavy atom. The van der Waals surface area contributed by atoms with E-state index in [1.54, 1.807) is 0 Å². The van der Waals surface area contributed by atoms with Gasteiger partial charge in [-0.1, -0.05) is 60.7 Å². The first-order valence-electron chi connectivity index (χ1n) is 11.5. The van der Waals surface area contributed by atoms with Crippen LogP contribution in [-0.2, 0) is 13.0 Å². The van der Waals surface area contributed by atoms with Crippen molar-refractivity contribution in [3.63, 3.8) is 0 Å². The lowest BCUT2D eigenvalue weighted by atomic mass is 10.1. The van der Waals surface area contributed by atoms with Gasteiger partial charge >= 0.3 is 0 Å². The predicted octanol–water partition coefficient (Wildman–Crippen LogP) is 3.65. The third kappa shape index (κ3) is 5.98. The molecule has 6 nitrogen and oxygen atoms in total. The van der Waals surface area contributed by atoms with Crippen LogP contribution in [0.2, 0.25) is 0 Å². The second kappa shape index (κ2) is 11.0. The molecule has 0 radical (unpaired) electrons. The number of hydrogen-bond acceptors (Lipinski definition) is 3. The van der Waals surface area contributed by atoms with Crippen molar-refractivity contribution in [2.45, 2.75) is 19.4 Å². The lowest BCUT2D eigenvalue weighted by Crippen LogP contribution is -2.41. The lowest BCUT2D eigenvalue weighted by Gasteiger charge is -2.23. The molecule has 4 rings (SSSR count). The Hall–Kier alpha value is -3.12. The molecule has 1 aliphatic heterocycles. The smallest absolute Gasteiger partial charge is 0.193 e. The first-order valence-corrected chi connectivity index (χ1v) is 11.5. The van der Waals surface area contributed by atoms with Gasteiger partial charge in [-0.2, -0.15) is 0 Å². The van der Waals surface area contributed by atoms with Crippen LogP contribution in [0.5, 0.6) is 0 Å². The summed E-state index contributed by atoms with van der Waals surface area (Å²) in [6, 6.07) is 21.1. The molecule has 168 valence electrons. The summed E-state index contributed by atoms with van der Waals surface area (Å²) in [5.74, 6) is 2.50. The molecular formula is C26H34N6. The van der Waals surface area contributed by atoms with Crippen LogP contribution in [0.4, 0.5) is 0 Å². The van der Waals surface area contributed by atoms with Crippen LogP contribution in [0, 0.1) is 5.92 Å². The summed E-state index contributed by atoms with van der Waals surface area (Å²) < 4.78 is 0. The molecule has 1 unspecified atom stereocenters. The maximum absolute atomic E-state index is 4.56. The zero-order valence-corrected chi connectivity index (χ0v) is 19.2. The van der Waals surface area contributed by atoms with E-state index in [1.165, 1.54) is 18.5 Å². The van der Waals surface area contributed by atoms with E-state index >= 15 is 0 Å². The second-order valence-corrected chi connectivity index (χ2v) is 8.58. The molecule has 1 aliphatic rings. The molecule has 3 aromatic rings. The number of aliphatic imine (C=N–C) groups is 1. The molecule has 2 N–H and O–H groups in total. The molecule has 1 atom stereocenters. The minimum Gasteiger partial charge on any atom is -0.356 e. The zero-order valence-electron chi connectivity index (χ0n) is 19.2. The molecule has 0 amide bonds. The number of hydrogen-bond donors (Lipinski definition) is 2. The standard InChI is InChI=1S/C26H34N6/c1-27-26(31(2)20-25-28-18-24(30-25)23-11-7-4-8-12-23)29-17-22-14-16-32(19-22)15-13-21-9-5-3-6-10-21/h3-12,18,22H,13-17,19-20H2,1-2H3,(H,27,29)(H,28,30). The van der Waals surface area contributed by atoms with Crippen molar-refractivity contribution in [1.29, 1.82) is 0 Å². The van der Waals surface area contributed by atoms with Gasteiger partial charge in [0.15, 0.2) is 5.96 Å². The minimum atomic E-state index is 0.657. The maximum Gasteiger partial charge on any atom is 0.193 e. The lowest BCUT2D eigenvalue weighted by molar-refractivity contribution is 0.327. The highest BCUT2D eigenvalue weighted by atomic mass is 15.3. The fourth-order valence-electron chi connectivity index (χ4n) is 4.34. The Labute approximate surface area is 191 Å². The zero-order chi connectivity index (χ0) is 22.2. The molecule has 2 aromatic carbocycles. The average molecular weight is 431 g/mol. The number of H-pyrrole nitrogens is 1. The van der Waals surface area contributed by atoms with E-state index in [0.29, 0.717) is 12.5 Å². The normalized spacial score (nSPS) is 16.9. The minimum absolute atomic E-state index is 0.657. The number of nitrogens with zero attached hydrogens (tertiary/aromatic N) is 4. The maximum atomic E-state index is 4.56. The summed E-state index contributed by atoms with van der Waals surface area (Å²) in [5, 5.41) is 3.57. The van der Waals surface area contributed by atoms with Crippen LogP contribution >= 0.6 is 0 Å². The molecule has 0 bridgehead atoms. The summed E-state index contributed by atoms with van der Waals surface area (Å²) in [7, 11) is 3.90. The molecule has 6 heteroatoms. The number of aromatic nitrogens is 2. The molecule has 32 heavy (non-hydrogen) atoms. The van der Waals surface area contributed by atoms with Crippen LogP contribution in [-0.4, -0.2) is 66.0 Å². The number of likely N-dealkylation sites (tertiary alicyclic amines) is 1. The quantitative estimate of drug-likeness (QED) is 0.423. The number of nitrogens with one attached hydrogen (secondary N) is 2. The molecule has 1 saturated heterocycles. The summed E-state index contributed by atoms with van der Waals surface area (Å²) in [4.78, 5) is 17.2. The monoisotopic (exact) mass is 430 g/mol. The van der Waals surface area contributed by atoms with E-state index in [2.05, 4.69) is 79.6 Å². The topological polar surface area (TPSA) is 59.6 Å². The molecule has 2 heterocycles. The fourth-order valence-corrected chi connectivity index (χ4v) is 4.34. The molecule has 0 aliphatic carbocycles. The number of rotatable bonds is 8. The highest BCUT2D eigenvalue weighted by Gasteiger charge is 2.22. The van der Waals surface area contributed by atoms with Crippen LogP contribution < -0.4 is 5.32 Å². The van der Waals surface area contributed by atoms with Gasteiger partial charge in [0.1, 0.15) is 5.82 Å². The van der Waals surface area contributed by atoms with Crippen LogP contribution in [0.15, 0.2) is 71.9 Å². The molecule has 0 spiro atoms. The largest absolute Gasteiger partial charge is 0.356 e. The van der Waals surface area contributed by atoms with Gasteiger partial charge in [0.25, 0.3) is 0 Å². The third-order valence-electron chi connectivity index (χ3n) is 6.15. The number of benzene rings is 2. The number of guanidine groups is 1. The summed E-state index contributed by atoms with van der Waals surface area (Å²) >= 11 is 0. The van der Waals surface area contributed by atoms with Crippen LogP contribution in [0.1, 0.15) is 17.8 Å². The van der Waals surface area contributed by atoms with Gasteiger partial charge in [-0.25, -0.2) is 4.98 Å². The Kier molecular flexibility index (Phi) is 7.56. The van der Waals surface area contributed by atoms with Crippen molar-refractivity contribution in [2.75, 3.05) is 40.3 Å². The molecule has 1 aromatic heterocycles. The highest BCUT2D eigenvalue weighted by molar-refractivity contribution is 5.79. The summed E-state index contributed by atoms with van der Waals surface area (Å²) in [6.45, 7) is 5.10. The van der Waals surface area contributed by atoms with Crippen molar-refractivity contribution < 1.29 is 0 Å². The number of aromatic amines is 1. The van der Waals surface area contributed by atoms with Gasteiger partial charge in [-0.05, 0) is 36.4 Å². The first-order chi connectivity index (χ1) is 15.7. The van der Waals surface area contributed by atoms with Gasteiger partial charge in [0.05, 0.1) is 18.4 Å². The van der Waals surface area contributed by atoms with Crippen molar-refractivity contribution in [2.24, 2.45) is 10.9 Å². The van der Waals surface area contributed by atoms with E-state index in [9.17, 15) is 0 Å². The van der Waals surface area contributed by atoms with E-state index < -0.39 is 0 Å². The van der Waals surface area contributed by atoms with Crippen molar-refractivity contribution in [3.05, 3.63) is 78.2 Å². The average Bonchev–Trinajstić information content (AvgIpc) is 3.49. The Morgan fingerprint density at radius 1 is 1.16 bits per heavy atom. The van der Waals surface area contributed by atoms with Gasteiger partial charge in [0.2, 0.25) is 0 Å². The highest BCUT2D eigenvalue weighted by Crippen LogP contribution is 2.17. The molecule has 0 saturated carbocycles. The van der Waals surface area contributed by atoms with Gasteiger partial charge < -0.3 is 20.1 Å². The van der Waals surface area contributed by atoms with Gasteiger partial charge in [0, 0.05) is 33.7 Å². The van der Waals surface area contributed by atoms with E-state index in [1.807, 2.05) is 31.4 Å². The molecular weight excluding hydrogens is 396 g/mol. The van der Waals surface area contributed by atoms with Crippen molar-refractivity contribution in [3.8, 4) is 11.3 Å². The predicted molar refractivity (Wildman–Crippen MR) is 132 cm³/mol. The van der Waals surface area contributed by atoms with Crippen LogP contribution in [0.3, 0.4) is 0 Å². The van der Waals surface area contributed by atoms with Crippen molar-refractivity contribution >= 4 is 5.96 Å². The Morgan fingerprint density at radius 2 is 1.91 bits per heavy atom. The fraction of sp³-hybridized carbons (Fsp3) is 0.385. The number of imidazole rings is 1. The van der Waals surface area contributed by atoms with E-state index in [0.717, 1.165) is 49.1 Å². The SMILES string of the molecule is CN=C(NCC1CCN(CCc2ccccc2)C1)N(C)Cc1ncc(-c2ccccc2)[nH]1. The summed E-state index contributed by atoms with van der Waals surface area (Å²) in [6.07, 6.45) is 4.26. The Balaban J connectivity index is 1.22. The van der Waals surface area contributed by atoms with E-state index in [4.69, 9.17) is 0 Å². The third-order valence-corrected chi connectivity index (χ3v) is 6.15. The second-order valence-electron chi connectivity index (χ2n) is 8.58. The van der Waals surface area contributed by atoms with Gasteiger partial charge in [-0.3, -0.25) is 4.99 Å². The summed E-state index contributed by atoms with van der Waals surface area (Å²) in [5.41, 5.74) is 3.61. The molecule has 1 fully saturated rings. The Bertz CT molecular complexity index is 982. The van der Waals surface area contributed by atoms with Gasteiger partial charge in [-0.15, -0.1) is 0 Å². The van der Waals surface area contributed by atoms with Crippen LogP contribution in [0.25, 0.3) is 11.3 Å².